The Labute approximate surface area is 98.1 Å². The Morgan fingerprint density at radius 3 is 2.50 bits per heavy atom. The van der Waals surface area contributed by atoms with Crippen LogP contribution in [0.15, 0.2) is 12.4 Å². The van der Waals surface area contributed by atoms with Gasteiger partial charge in [-0.15, -0.1) is 0 Å². The lowest BCUT2D eigenvalue weighted by Crippen LogP contribution is -2.36. The van der Waals surface area contributed by atoms with Crippen molar-refractivity contribution in [2.24, 2.45) is 5.92 Å². The molecule has 0 amide bonds. The van der Waals surface area contributed by atoms with Crippen molar-refractivity contribution in [3.05, 3.63) is 18.1 Å². The summed E-state index contributed by atoms with van der Waals surface area (Å²) in [5, 5.41) is 3.46. The van der Waals surface area contributed by atoms with Crippen LogP contribution in [-0.4, -0.2) is 41.5 Å². The maximum atomic E-state index is 4.23. The van der Waals surface area contributed by atoms with Gasteiger partial charge in [0.25, 0.3) is 0 Å². The van der Waals surface area contributed by atoms with Gasteiger partial charge in [0.15, 0.2) is 0 Å². The maximum absolute atomic E-state index is 4.23. The molecule has 1 N–H and O–H groups in total. The van der Waals surface area contributed by atoms with E-state index in [0.717, 1.165) is 18.1 Å². The van der Waals surface area contributed by atoms with Crippen molar-refractivity contribution >= 4 is 5.82 Å². The number of nitrogens with zero attached hydrogens (tertiary/aromatic N) is 3. The molecule has 0 saturated carbocycles. The van der Waals surface area contributed by atoms with Crippen LogP contribution in [0.5, 0.6) is 0 Å². The van der Waals surface area contributed by atoms with E-state index in [1.165, 1.54) is 0 Å². The number of nitrogens with one attached hydrogen (secondary N) is 1. The Morgan fingerprint density at radius 2 is 2.00 bits per heavy atom. The quantitative estimate of drug-likeness (QED) is 0.824. The van der Waals surface area contributed by atoms with Crippen LogP contribution < -0.4 is 5.32 Å². The van der Waals surface area contributed by atoms with Crippen LogP contribution >= 0.6 is 0 Å². The summed E-state index contributed by atoms with van der Waals surface area (Å²) < 4.78 is 0. The molecule has 0 aliphatic carbocycles. The summed E-state index contributed by atoms with van der Waals surface area (Å²) in [6.07, 6.45) is 1.60. The molecular weight excluding hydrogens is 200 g/mol. The van der Waals surface area contributed by atoms with Crippen LogP contribution in [0.4, 0.5) is 5.82 Å². The summed E-state index contributed by atoms with van der Waals surface area (Å²) in [5.41, 5.74) is 0.991. The van der Waals surface area contributed by atoms with Crippen molar-refractivity contribution in [3.63, 3.8) is 0 Å². The van der Waals surface area contributed by atoms with Gasteiger partial charge in [-0.05, 0) is 26.9 Å². The van der Waals surface area contributed by atoms with E-state index in [1.807, 2.05) is 13.0 Å². The third kappa shape index (κ3) is 4.14. The highest BCUT2D eigenvalue weighted by molar-refractivity contribution is 5.35. The Bertz CT molecular complexity index is 323. The predicted octanol–water partition coefficient (Wildman–Crippen LogP) is 1.78. The van der Waals surface area contributed by atoms with Gasteiger partial charge in [0.1, 0.15) is 12.1 Å². The zero-order valence-electron chi connectivity index (χ0n) is 10.9. The van der Waals surface area contributed by atoms with Crippen molar-refractivity contribution in [3.8, 4) is 0 Å². The van der Waals surface area contributed by atoms with Crippen molar-refractivity contribution in [1.82, 2.24) is 14.9 Å². The Hall–Kier alpha value is -1.16. The van der Waals surface area contributed by atoms with Crippen LogP contribution in [-0.2, 0) is 0 Å². The van der Waals surface area contributed by atoms with Crippen molar-refractivity contribution < 1.29 is 0 Å². The second-order valence-corrected chi connectivity index (χ2v) is 4.80. The molecule has 16 heavy (non-hydrogen) atoms. The number of likely N-dealkylation sites (N-methyl/N-ethyl adjacent to an activating group) is 1. The number of hydrogen-bond acceptors (Lipinski definition) is 4. The van der Waals surface area contributed by atoms with Gasteiger partial charge in [0.05, 0.1) is 0 Å². The third-order valence-electron chi connectivity index (χ3n) is 2.50. The lowest BCUT2D eigenvalue weighted by atomic mass is 10.0. The molecule has 90 valence electrons. The highest BCUT2D eigenvalue weighted by Gasteiger charge is 2.14. The summed E-state index contributed by atoms with van der Waals surface area (Å²) in [4.78, 5) is 10.5. The molecule has 1 rings (SSSR count). The van der Waals surface area contributed by atoms with Gasteiger partial charge in [0, 0.05) is 24.3 Å². The number of hydrogen-bond donors (Lipinski definition) is 1. The first-order chi connectivity index (χ1) is 7.49. The summed E-state index contributed by atoms with van der Waals surface area (Å²) in [6.45, 7) is 7.41. The van der Waals surface area contributed by atoms with Crippen molar-refractivity contribution in [2.75, 3.05) is 26.0 Å². The Kier molecular flexibility index (Phi) is 4.68. The van der Waals surface area contributed by atoms with Gasteiger partial charge in [-0.3, -0.25) is 0 Å². The van der Waals surface area contributed by atoms with Gasteiger partial charge in [-0.25, -0.2) is 9.97 Å². The SMILES string of the molecule is Cc1cc(NC(CN(C)C)C(C)C)ncn1. The Balaban J connectivity index is 2.68. The van der Waals surface area contributed by atoms with Crippen molar-refractivity contribution in [1.29, 1.82) is 0 Å². The molecule has 1 heterocycles. The smallest absolute Gasteiger partial charge is 0.129 e. The molecule has 0 radical (unpaired) electrons. The molecule has 0 fully saturated rings. The molecule has 4 heteroatoms. The molecule has 1 atom stereocenters. The average molecular weight is 222 g/mol. The van der Waals surface area contributed by atoms with E-state index in [4.69, 9.17) is 0 Å². The average Bonchev–Trinajstić information content (AvgIpc) is 2.15. The third-order valence-corrected chi connectivity index (χ3v) is 2.50. The highest BCUT2D eigenvalue weighted by Crippen LogP contribution is 2.11. The summed E-state index contributed by atoms with van der Waals surface area (Å²) in [6, 6.07) is 2.38. The highest BCUT2D eigenvalue weighted by atomic mass is 15.1. The maximum Gasteiger partial charge on any atom is 0.129 e. The largest absolute Gasteiger partial charge is 0.366 e. The van der Waals surface area contributed by atoms with E-state index in [2.05, 4.69) is 48.1 Å². The van der Waals surface area contributed by atoms with E-state index < -0.39 is 0 Å². The summed E-state index contributed by atoms with van der Waals surface area (Å²) in [7, 11) is 4.17. The van der Waals surface area contributed by atoms with Gasteiger partial charge < -0.3 is 10.2 Å². The number of anilines is 1. The minimum Gasteiger partial charge on any atom is -0.366 e. The minimum atomic E-state index is 0.407. The fraction of sp³-hybridized carbons (Fsp3) is 0.667. The lowest BCUT2D eigenvalue weighted by Gasteiger charge is -2.26. The van der Waals surface area contributed by atoms with E-state index >= 15 is 0 Å². The molecule has 0 aromatic carbocycles. The van der Waals surface area contributed by atoms with E-state index in [1.54, 1.807) is 6.33 Å². The molecular formula is C12H22N4. The fourth-order valence-electron chi connectivity index (χ4n) is 1.54. The molecule has 0 bridgehead atoms. The number of aromatic nitrogens is 2. The van der Waals surface area contributed by atoms with E-state index in [0.29, 0.717) is 12.0 Å². The molecule has 0 aliphatic rings. The molecule has 0 aliphatic heterocycles. The van der Waals surface area contributed by atoms with Crippen molar-refractivity contribution in [2.45, 2.75) is 26.8 Å². The normalized spacial score (nSPS) is 13.2. The summed E-state index contributed by atoms with van der Waals surface area (Å²) in [5.74, 6) is 1.48. The van der Waals surface area contributed by atoms with Crippen LogP contribution in [0.2, 0.25) is 0 Å². The first-order valence-electron chi connectivity index (χ1n) is 5.69. The second-order valence-electron chi connectivity index (χ2n) is 4.80. The first-order valence-corrected chi connectivity index (χ1v) is 5.69. The van der Waals surface area contributed by atoms with Gasteiger partial charge in [0.2, 0.25) is 0 Å². The van der Waals surface area contributed by atoms with E-state index in [-0.39, 0.29) is 0 Å². The standard InChI is InChI=1S/C12H22N4/c1-9(2)11(7-16(4)5)15-12-6-10(3)13-8-14-12/h6,8-9,11H,7H2,1-5H3,(H,13,14,15). The molecule has 1 unspecified atom stereocenters. The number of aryl methyl sites for hydroxylation is 1. The second kappa shape index (κ2) is 5.80. The molecule has 1 aromatic rings. The van der Waals surface area contributed by atoms with Crippen LogP contribution in [0.3, 0.4) is 0 Å². The summed E-state index contributed by atoms with van der Waals surface area (Å²) >= 11 is 0. The minimum absolute atomic E-state index is 0.407. The van der Waals surface area contributed by atoms with E-state index in [9.17, 15) is 0 Å². The fourth-order valence-corrected chi connectivity index (χ4v) is 1.54. The van der Waals surface area contributed by atoms with Crippen LogP contribution in [0, 0.1) is 12.8 Å². The van der Waals surface area contributed by atoms with Gasteiger partial charge in [-0.2, -0.15) is 0 Å². The predicted molar refractivity (Wildman–Crippen MR) is 67.6 cm³/mol. The molecule has 0 spiro atoms. The zero-order valence-corrected chi connectivity index (χ0v) is 10.9. The molecule has 1 aromatic heterocycles. The van der Waals surface area contributed by atoms with Gasteiger partial charge in [-0.1, -0.05) is 13.8 Å². The molecule has 4 nitrogen and oxygen atoms in total. The number of rotatable bonds is 5. The zero-order chi connectivity index (χ0) is 12.1. The van der Waals surface area contributed by atoms with Crippen LogP contribution in [0.1, 0.15) is 19.5 Å². The van der Waals surface area contributed by atoms with Gasteiger partial charge >= 0.3 is 0 Å². The topological polar surface area (TPSA) is 41.0 Å². The monoisotopic (exact) mass is 222 g/mol. The Morgan fingerprint density at radius 1 is 1.31 bits per heavy atom. The molecule has 0 saturated heterocycles. The first kappa shape index (κ1) is 12.9. The van der Waals surface area contributed by atoms with Crippen LogP contribution in [0.25, 0.3) is 0 Å². The lowest BCUT2D eigenvalue weighted by molar-refractivity contribution is 0.344.